The zero-order chi connectivity index (χ0) is 25.6. The quantitative estimate of drug-likeness (QED) is 0.415. The van der Waals surface area contributed by atoms with E-state index in [4.69, 9.17) is 10.8 Å². The summed E-state index contributed by atoms with van der Waals surface area (Å²) in [5, 5.41) is 11.1. The molecular weight excluding hydrogens is 472 g/mol. The molecule has 1 aromatic carbocycles. The molecule has 36 heavy (non-hydrogen) atoms. The van der Waals surface area contributed by atoms with Gasteiger partial charge in [0.25, 0.3) is 5.91 Å². The number of amides is 1. The molecule has 1 amide bonds. The van der Waals surface area contributed by atoms with Crippen molar-refractivity contribution >= 4 is 39.8 Å². The van der Waals surface area contributed by atoms with E-state index in [0.717, 1.165) is 59.6 Å². The van der Waals surface area contributed by atoms with Crippen LogP contribution in [0.25, 0.3) is 22.3 Å². The van der Waals surface area contributed by atoms with Gasteiger partial charge in [0.05, 0.1) is 11.1 Å². The number of nitrogens with two attached hydrogens (primary N) is 1. The Morgan fingerprint density at radius 3 is 2.78 bits per heavy atom. The number of aryl methyl sites for hydroxylation is 1. The number of likely N-dealkylation sites (tertiary alicyclic amines) is 1. The first kappa shape index (κ1) is 24.3. The fraction of sp³-hybridized carbons (Fsp3) is 0.423. The average molecular weight is 505 g/mol. The van der Waals surface area contributed by atoms with Crippen LogP contribution in [0.5, 0.6) is 0 Å². The van der Waals surface area contributed by atoms with Crippen molar-refractivity contribution in [2.75, 3.05) is 31.2 Å². The van der Waals surface area contributed by atoms with Crippen molar-refractivity contribution < 1.29 is 4.79 Å². The average Bonchev–Trinajstić information content (AvgIpc) is 3.55. The third-order valence-corrected chi connectivity index (χ3v) is 7.54. The van der Waals surface area contributed by atoms with Gasteiger partial charge in [-0.25, -0.2) is 19.6 Å². The van der Waals surface area contributed by atoms with Crippen molar-refractivity contribution in [1.29, 1.82) is 0 Å². The van der Waals surface area contributed by atoms with Gasteiger partial charge in [0.1, 0.15) is 17.8 Å². The van der Waals surface area contributed by atoms with Crippen molar-refractivity contribution in [3.05, 3.63) is 46.2 Å². The molecule has 0 saturated carbocycles. The van der Waals surface area contributed by atoms with Crippen LogP contribution in [0.3, 0.4) is 0 Å². The molecule has 1 unspecified atom stereocenters. The SMILES string of the molecule is Cc1ccc(NC(=O)c2nc(C(C)(C)C)cs2)cc1-c1nn(CC2CCN(C)C2)c2ncnc(N)c12. The van der Waals surface area contributed by atoms with Gasteiger partial charge in [-0.2, -0.15) is 5.10 Å². The van der Waals surface area contributed by atoms with Crippen molar-refractivity contribution in [3.63, 3.8) is 0 Å². The van der Waals surface area contributed by atoms with Crippen LogP contribution >= 0.6 is 11.3 Å². The number of hydrogen-bond donors (Lipinski definition) is 2. The molecule has 1 saturated heterocycles. The highest BCUT2D eigenvalue weighted by Crippen LogP contribution is 2.34. The van der Waals surface area contributed by atoms with Gasteiger partial charge in [-0.3, -0.25) is 4.79 Å². The molecule has 1 aliphatic rings. The number of rotatable bonds is 5. The molecular formula is C26H32N8OS. The fourth-order valence-electron chi connectivity index (χ4n) is 4.63. The second-order valence-electron chi connectivity index (χ2n) is 10.7. The predicted octanol–water partition coefficient (Wildman–Crippen LogP) is 4.34. The molecule has 0 spiro atoms. The summed E-state index contributed by atoms with van der Waals surface area (Å²) in [6, 6.07) is 5.81. The summed E-state index contributed by atoms with van der Waals surface area (Å²) < 4.78 is 1.96. The minimum atomic E-state index is -0.228. The summed E-state index contributed by atoms with van der Waals surface area (Å²) >= 11 is 1.35. The molecule has 0 bridgehead atoms. The van der Waals surface area contributed by atoms with Crippen LogP contribution in [0.2, 0.25) is 0 Å². The first-order valence-corrected chi connectivity index (χ1v) is 13.0. The van der Waals surface area contributed by atoms with E-state index in [1.54, 1.807) is 0 Å². The Balaban J connectivity index is 1.48. The molecule has 10 heteroatoms. The summed E-state index contributed by atoms with van der Waals surface area (Å²) in [6.45, 7) is 11.2. The fourth-order valence-corrected chi connectivity index (χ4v) is 5.57. The summed E-state index contributed by atoms with van der Waals surface area (Å²) in [7, 11) is 2.14. The maximum Gasteiger partial charge on any atom is 0.284 e. The molecule has 4 heterocycles. The van der Waals surface area contributed by atoms with E-state index in [9.17, 15) is 4.79 Å². The topological polar surface area (TPSA) is 115 Å². The lowest BCUT2D eigenvalue weighted by Crippen LogP contribution is -2.17. The van der Waals surface area contributed by atoms with Crippen LogP contribution in [-0.2, 0) is 12.0 Å². The largest absolute Gasteiger partial charge is 0.383 e. The van der Waals surface area contributed by atoms with Gasteiger partial charge in [-0.1, -0.05) is 26.8 Å². The Bertz CT molecular complexity index is 1430. The molecule has 3 N–H and O–H groups in total. The number of nitrogens with one attached hydrogen (secondary N) is 1. The van der Waals surface area contributed by atoms with Gasteiger partial charge < -0.3 is 16.0 Å². The number of aromatic nitrogens is 5. The van der Waals surface area contributed by atoms with Crippen LogP contribution in [0.1, 0.15) is 48.3 Å². The zero-order valence-electron chi connectivity index (χ0n) is 21.4. The maximum atomic E-state index is 13.0. The van der Waals surface area contributed by atoms with Crippen LogP contribution in [-0.4, -0.2) is 55.7 Å². The second kappa shape index (κ2) is 9.25. The van der Waals surface area contributed by atoms with E-state index in [-0.39, 0.29) is 11.3 Å². The molecule has 9 nitrogen and oxygen atoms in total. The Labute approximate surface area is 214 Å². The number of thiazole rings is 1. The highest BCUT2D eigenvalue weighted by atomic mass is 32.1. The van der Waals surface area contributed by atoms with E-state index in [0.29, 0.717) is 22.4 Å². The second-order valence-corrected chi connectivity index (χ2v) is 11.5. The maximum absolute atomic E-state index is 13.0. The molecule has 1 aliphatic heterocycles. The third-order valence-electron chi connectivity index (χ3n) is 6.70. The smallest absolute Gasteiger partial charge is 0.284 e. The minimum Gasteiger partial charge on any atom is -0.383 e. The number of hydrogen-bond acceptors (Lipinski definition) is 8. The van der Waals surface area contributed by atoms with Crippen LogP contribution in [0.15, 0.2) is 29.9 Å². The lowest BCUT2D eigenvalue weighted by Gasteiger charge is -2.14. The lowest BCUT2D eigenvalue weighted by molar-refractivity contribution is 0.102. The van der Waals surface area contributed by atoms with Gasteiger partial charge in [-0.15, -0.1) is 11.3 Å². The summed E-state index contributed by atoms with van der Waals surface area (Å²) in [5.74, 6) is 0.676. The van der Waals surface area contributed by atoms with Gasteiger partial charge in [0, 0.05) is 35.1 Å². The first-order valence-electron chi connectivity index (χ1n) is 12.1. The van der Waals surface area contributed by atoms with E-state index >= 15 is 0 Å². The molecule has 1 atom stereocenters. The molecule has 0 aliphatic carbocycles. The van der Waals surface area contributed by atoms with Crippen molar-refractivity contribution in [1.82, 2.24) is 29.6 Å². The Kier molecular flexibility index (Phi) is 6.25. The Morgan fingerprint density at radius 1 is 1.28 bits per heavy atom. The highest BCUT2D eigenvalue weighted by Gasteiger charge is 2.25. The number of nitrogen functional groups attached to an aromatic ring is 1. The molecule has 0 radical (unpaired) electrons. The van der Waals surface area contributed by atoms with Crippen molar-refractivity contribution in [2.24, 2.45) is 5.92 Å². The van der Waals surface area contributed by atoms with Crippen LogP contribution in [0, 0.1) is 12.8 Å². The molecule has 188 valence electrons. The van der Waals surface area contributed by atoms with Gasteiger partial charge in [-0.05, 0) is 50.6 Å². The number of carbonyl (C=O) groups excluding carboxylic acids is 1. The Hall–Kier alpha value is -3.37. The summed E-state index contributed by atoms with van der Waals surface area (Å²) in [6.07, 6.45) is 2.62. The van der Waals surface area contributed by atoms with E-state index in [1.807, 2.05) is 35.2 Å². The van der Waals surface area contributed by atoms with Gasteiger partial charge in [0.2, 0.25) is 0 Å². The monoisotopic (exact) mass is 504 g/mol. The number of carbonyl (C=O) groups is 1. The van der Waals surface area contributed by atoms with Gasteiger partial charge >= 0.3 is 0 Å². The lowest BCUT2D eigenvalue weighted by atomic mass is 9.93. The Morgan fingerprint density at radius 2 is 2.08 bits per heavy atom. The molecule has 3 aromatic heterocycles. The minimum absolute atomic E-state index is 0.109. The van der Waals surface area contributed by atoms with Gasteiger partial charge in [0.15, 0.2) is 10.7 Å². The first-order chi connectivity index (χ1) is 17.1. The standard InChI is InChI=1S/C26H32N8OS/c1-15-6-7-17(30-24(35)25-31-19(13-36-25)26(2,3)4)10-18(15)21-20-22(27)28-14-29-23(20)34(32-21)12-16-8-9-33(5)11-16/h6-7,10,13-14,16H,8-9,11-12H2,1-5H3,(H,30,35)(H2,27,28,29). The van der Waals surface area contributed by atoms with E-state index in [2.05, 4.69) is 53.0 Å². The van der Waals surface area contributed by atoms with Crippen molar-refractivity contribution in [3.8, 4) is 11.3 Å². The summed E-state index contributed by atoms with van der Waals surface area (Å²) in [5.41, 5.74) is 11.2. The molecule has 4 aromatic rings. The molecule has 1 fully saturated rings. The number of fused-ring (bicyclic) bond motifs is 1. The molecule has 5 rings (SSSR count). The summed E-state index contributed by atoms with van der Waals surface area (Å²) in [4.78, 5) is 28.6. The van der Waals surface area contributed by atoms with Crippen LogP contribution < -0.4 is 11.1 Å². The highest BCUT2D eigenvalue weighted by molar-refractivity contribution is 7.11. The zero-order valence-corrected chi connectivity index (χ0v) is 22.2. The normalized spacial score (nSPS) is 16.6. The number of anilines is 2. The van der Waals surface area contributed by atoms with E-state index < -0.39 is 0 Å². The van der Waals surface area contributed by atoms with E-state index in [1.165, 1.54) is 17.7 Å². The van der Waals surface area contributed by atoms with Crippen molar-refractivity contribution in [2.45, 2.75) is 46.1 Å². The number of benzene rings is 1. The third kappa shape index (κ3) is 4.70. The van der Waals surface area contributed by atoms with Crippen LogP contribution in [0.4, 0.5) is 11.5 Å². The number of nitrogens with zero attached hydrogens (tertiary/aromatic N) is 6. The predicted molar refractivity (Wildman–Crippen MR) is 144 cm³/mol.